The van der Waals surface area contributed by atoms with Gasteiger partial charge in [-0.2, -0.15) is 0 Å². The van der Waals surface area contributed by atoms with E-state index in [1.54, 1.807) is 12.1 Å². The van der Waals surface area contributed by atoms with Gasteiger partial charge in [-0.3, -0.25) is 9.79 Å². The Bertz CT molecular complexity index is 593. The first-order valence-electron chi connectivity index (χ1n) is 9.87. The van der Waals surface area contributed by atoms with E-state index in [1.807, 2.05) is 6.92 Å². The Morgan fingerprint density at radius 2 is 2.04 bits per heavy atom. The van der Waals surface area contributed by atoms with E-state index in [2.05, 4.69) is 36.7 Å². The maximum atomic E-state index is 11.8. The number of aliphatic imine (C=N–C) groups is 1. The Labute approximate surface area is 162 Å². The number of nitrogens with one attached hydrogen (secondary N) is 3. The molecule has 2 atom stereocenters. The molecule has 2 rings (SSSR count). The van der Waals surface area contributed by atoms with Crippen molar-refractivity contribution in [1.29, 1.82) is 0 Å². The molecule has 1 aliphatic rings. The molecule has 1 amide bonds. The van der Waals surface area contributed by atoms with Crippen molar-refractivity contribution in [1.82, 2.24) is 16.0 Å². The molecule has 7 nitrogen and oxygen atoms in total. The van der Waals surface area contributed by atoms with Gasteiger partial charge in [0.2, 0.25) is 0 Å². The summed E-state index contributed by atoms with van der Waals surface area (Å²) in [5.74, 6) is 1.30. The summed E-state index contributed by atoms with van der Waals surface area (Å²) in [6, 6.07) is 3.34. The van der Waals surface area contributed by atoms with Crippen LogP contribution in [0, 0.1) is 11.3 Å². The molecule has 0 spiro atoms. The minimum Gasteiger partial charge on any atom is -0.459 e. The molecule has 1 fully saturated rings. The molecule has 2 unspecified atom stereocenters. The third kappa shape index (κ3) is 6.90. The first kappa shape index (κ1) is 21.3. The highest BCUT2D eigenvalue weighted by molar-refractivity contribution is 5.91. The fourth-order valence-electron chi connectivity index (χ4n) is 3.39. The summed E-state index contributed by atoms with van der Waals surface area (Å²) in [4.78, 5) is 16.6. The first-order valence-corrected chi connectivity index (χ1v) is 9.87. The summed E-state index contributed by atoms with van der Waals surface area (Å²) >= 11 is 0. The highest BCUT2D eigenvalue weighted by Crippen LogP contribution is 2.34. The molecule has 0 aliphatic carbocycles. The Morgan fingerprint density at radius 1 is 1.26 bits per heavy atom. The van der Waals surface area contributed by atoms with Crippen LogP contribution >= 0.6 is 0 Å². The lowest BCUT2D eigenvalue weighted by Crippen LogP contribution is -2.44. The molecule has 27 heavy (non-hydrogen) atoms. The van der Waals surface area contributed by atoms with Crippen LogP contribution in [0.1, 0.15) is 51.1 Å². The Hall–Kier alpha value is -2.02. The minimum absolute atomic E-state index is 0.114. The number of hydrogen-bond acceptors (Lipinski definition) is 4. The largest absolute Gasteiger partial charge is 0.459 e. The van der Waals surface area contributed by atoms with Crippen molar-refractivity contribution in [2.24, 2.45) is 16.3 Å². The van der Waals surface area contributed by atoms with Crippen LogP contribution in [0.25, 0.3) is 0 Å². The molecule has 1 saturated heterocycles. The maximum Gasteiger partial charge on any atom is 0.287 e. The van der Waals surface area contributed by atoms with E-state index < -0.39 is 0 Å². The van der Waals surface area contributed by atoms with Crippen LogP contribution in [0.4, 0.5) is 0 Å². The number of rotatable bonds is 7. The average molecular weight is 379 g/mol. The fraction of sp³-hybridized carbons (Fsp3) is 0.700. The molecule has 0 bridgehead atoms. The van der Waals surface area contributed by atoms with E-state index in [1.165, 1.54) is 6.26 Å². The summed E-state index contributed by atoms with van der Waals surface area (Å²) in [5, 5.41) is 9.34. The Balaban J connectivity index is 1.81. The molecule has 3 N–H and O–H groups in total. The molecule has 152 valence electrons. The molecule has 7 heteroatoms. The van der Waals surface area contributed by atoms with Crippen LogP contribution in [0.15, 0.2) is 27.8 Å². The first-order chi connectivity index (χ1) is 12.9. The van der Waals surface area contributed by atoms with Crippen molar-refractivity contribution < 1.29 is 13.9 Å². The number of nitrogens with zero attached hydrogens (tertiary/aromatic N) is 1. The van der Waals surface area contributed by atoms with Crippen molar-refractivity contribution in [2.75, 3.05) is 32.8 Å². The quantitative estimate of drug-likeness (QED) is 0.385. The zero-order valence-electron chi connectivity index (χ0n) is 17.0. The molecule has 0 aromatic carbocycles. The maximum absolute atomic E-state index is 11.8. The molecular formula is C20H34N4O3. The number of carbonyl (C=O) groups excluding carboxylic acids is 1. The summed E-state index contributed by atoms with van der Waals surface area (Å²) in [6.45, 7) is 12.2. The molecule has 0 saturated carbocycles. The predicted molar refractivity (Wildman–Crippen MR) is 107 cm³/mol. The van der Waals surface area contributed by atoms with Crippen LogP contribution in [-0.2, 0) is 4.74 Å². The molecule has 1 aromatic heterocycles. The van der Waals surface area contributed by atoms with Gasteiger partial charge in [0.05, 0.1) is 12.4 Å². The second-order valence-corrected chi connectivity index (χ2v) is 7.94. The monoisotopic (exact) mass is 378 g/mol. The lowest BCUT2D eigenvalue weighted by molar-refractivity contribution is -0.0823. The highest BCUT2D eigenvalue weighted by Gasteiger charge is 2.35. The van der Waals surface area contributed by atoms with Crippen LogP contribution < -0.4 is 16.0 Å². The average Bonchev–Trinajstić information content (AvgIpc) is 3.17. The van der Waals surface area contributed by atoms with Gasteiger partial charge in [-0.15, -0.1) is 0 Å². The number of ether oxygens (including phenoxy) is 1. The summed E-state index contributed by atoms with van der Waals surface area (Å²) in [6.07, 6.45) is 3.95. The van der Waals surface area contributed by atoms with E-state index in [9.17, 15) is 4.79 Å². The molecule has 1 aromatic rings. The van der Waals surface area contributed by atoms with E-state index >= 15 is 0 Å². The van der Waals surface area contributed by atoms with Crippen molar-refractivity contribution >= 4 is 11.9 Å². The molecule has 0 radical (unpaired) electrons. The van der Waals surface area contributed by atoms with Crippen LogP contribution in [0.5, 0.6) is 0 Å². The van der Waals surface area contributed by atoms with Crippen molar-refractivity contribution in [3.63, 3.8) is 0 Å². The van der Waals surface area contributed by atoms with Gasteiger partial charge in [-0.1, -0.05) is 20.8 Å². The second-order valence-electron chi connectivity index (χ2n) is 7.94. The number of furan rings is 1. The third-order valence-electron chi connectivity index (χ3n) is 4.57. The SMILES string of the molecule is CCNC(=NCC1CCCOC1C(C)(C)C)NCCNC(=O)c1ccco1. The number of hydrogen-bond donors (Lipinski definition) is 3. The van der Waals surface area contributed by atoms with Crippen LogP contribution in [-0.4, -0.2) is 50.8 Å². The van der Waals surface area contributed by atoms with Gasteiger partial charge in [0.25, 0.3) is 5.91 Å². The Kier molecular flexibility index (Phi) is 8.16. The van der Waals surface area contributed by atoms with Gasteiger partial charge in [-0.25, -0.2) is 0 Å². The van der Waals surface area contributed by atoms with Crippen LogP contribution in [0.2, 0.25) is 0 Å². The molecule has 1 aliphatic heterocycles. The van der Waals surface area contributed by atoms with Gasteiger partial charge in [-0.05, 0) is 37.3 Å². The van der Waals surface area contributed by atoms with Gasteiger partial charge < -0.3 is 25.1 Å². The highest BCUT2D eigenvalue weighted by atomic mass is 16.5. The summed E-state index contributed by atoms with van der Waals surface area (Å²) in [5.41, 5.74) is 0.114. The van der Waals surface area contributed by atoms with E-state index in [-0.39, 0.29) is 17.4 Å². The normalized spacial score (nSPS) is 21.0. The Morgan fingerprint density at radius 3 is 2.70 bits per heavy atom. The number of guanidine groups is 1. The third-order valence-corrected chi connectivity index (χ3v) is 4.57. The lowest BCUT2D eigenvalue weighted by atomic mass is 9.78. The molecule has 2 heterocycles. The topological polar surface area (TPSA) is 87.9 Å². The lowest BCUT2D eigenvalue weighted by Gasteiger charge is -2.39. The summed E-state index contributed by atoms with van der Waals surface area (Å²) < 4.78 is 11.1. The van der Waals surface area contributed by atoms with E-state index in [0.29, 0.717) is 24.8 Å². The number of carbonyl (C=O) groups is 1. The number of amides is 1. The van der Waals surface area contributed by atoms with Gasteiger partial charge >= 0.3 is 0 Å². The summed E-state index contributed by atoms with van der Waals surface area (Å²) in [7, 11) is 0. The standard InChI is InChI=1S/C20H34N4O3/c1-5-21-19(23-11-10-22-18(25)16-9-7-12-26-16)24-14-15-8-6-13-27-17(15)20(2,3)4/h7,9,12,15,17H,5-6,8,10-11,13-14H2,1-4H3,(H,22,25)(H2,21,23,24). The smallest absolute Gasteiger partial charge is 0.287 e. The van der Waals surface area contributed by atoms with E-state index in [4.69, 9.17) is 14.1 Å². The second kappa shape index (κ2) is 10.3. The van der Waals surface area contributed by atoms with Gasteiger partial charge in [0, 0.05) is 38.7 Å². The zero-order chi connectivity index (χ0) is 19.7. The predicted octanol–water partition coefficient (Wildman–Crippen LogP) is 2.41. The van der Waals surface area contributed by atoms with Crippen molar-refractivity contribution in [3.05, 3.63) is 24.2 Å². The van der Waals surface area contributed by atoms with Crippen LogP contribution in [0.3, 0.4) is 0 Å². The van der Waals surface area contributed by atoms with E-state index in [0.717, 1.165) is 38.5 Å². The molecular weight excluding hydrogens is 344 g/mol. The minimum atomic E-state index is -0.212. The van der Waals surface area contributed by atoms with Gasteiger partial charge in [0.15, 0.2) is 11.7 Å². The van der Waals surface area contributed by atoms with Crippen molar-refractivity contribution in [2.45, 2.75) is 46.6 Å². The van der Waals surface area contributed by atoms with Crippen molar-refractivity contribution in [3.8, 4) is 0 Å². The van der Waals surface area contributed by atoms with Gasteiger partial charge in [0.1, 0.15) is 0 Å². The zero-order valence-corrected chi connectivity index (χ0v) is 17.0. The fourth-order valence-corrected chi connectivity index (χ4v) is 3.39.